The summed E-state index contributed by atoms with van der Waals surface area (Å²) in [5.41, 5.74) is 4.05. The molecular weight excluding hydrogens is 272 g/mol. The van der Waals surface area contributed by atoms with Gasteiger partial charge in [0.15, 0.2) is 5.82 Å². The standard InChI is InChI=1S/C15H19ClN4/c1-9-12(8-17-13-5-6-13)4-7-14(18-9)20-11(3)15(16)10(2)19-20/h4,7,13,17H,5-6,8H2,1-3H3. The molecule has 106 valence electrons. The van der Waals surface area contributed by atoms with Crippen molar-refractivity contribution in [2.45, 2.75) is 46.2 Å². The Bertz CT molecular complexity index is 644. The normalized spacial score (nSPS) is 14.8. The molecule has 4 nitrogen and oxygen atoms in total. The summed E-state index contributed by atoms with van der Waals surface area (Å²) in [5, 5.41) is 8.67. The Morgan fingerprint density at radius 1 is 1.25 bits per heavy atom. The van der Waals surface area contributed by atoms with Gasteiger partial charge in [0.05, 0.1) is 16.4 Å². The van der Waals surface area contributed by atoms with Gasteiger partial charge in [-0.15, -0.1) is 0 Å². The van der Waals surface area contributed by atoms with Crippen LogP contribution in [0.2, 0.25) is 5.02 Å². The summed E-state index contributed by atoms with van der Waals surface area (Å²) < 4.78 is 1.81. The molecule has 0 aromatic carbocycles. The third-order valence-electron chi connectivity index (χ3n) is 3.76. The molecule has 1 fully saturated rings. The van der Waals surface area contributed by atoms with Crippen LogP contribution in [0.5, 0.6) is 0 Å². The van der Waals surface area contributed by atoms with Gasteiger partial charge in [-0.1, -0.05) is 17.7 Å². The lowest BCUT2D eigenvalue weighted by atomic mass is 10.2. The maximum atomic E-state index is 6.19. The molecule has 0 aliphatic heterocycles. The van der Waals surface area contributed by atoms with Crippen LogP contribution in [0.4, 0.5) is 0 Å². The maximum Gasteiger partial charge on any atom is 0.153 e. The molecule has 2 aromatic heterocycles. The van der Waals surface area contributed by atoms with E-state index in [0.29, 0.717) is 11.1 Å². The quantitative estimate of drug-likeness (QED) is 0.941. The Kier molecular flexibility index (Phi) is 3.52. The first kappa shape index (κ1) is 13.6. The second-order valence-electron chi connectivity index (χ2n) is 5.47. The van der Waals surface area contributed by atoms with Crippen LogP contribution in [0.3, 0.4) is 0 Å². The first-order valence-electron chi connectivity index (χ1n) is 6.98. The number of pyridine rings is 1. The molecule has 0 bridgehead atoms. The molecule has 20 heavy (non-hydrogen) atoms. The van der Waals surface area contributed by atoms with E-state index in [1.807, 2.05) is 31.5 Å². The molecule has 0 spiro atoms. The number of aryl methyl sites for hydroxylation is 2. The highest BCUT2D eigenvalue weighted by molar-refractivity contribution is 6.31. The predicted octanol–water partition coefficient (Wildman–Crippen LogP) is 3.10. The van der Waals surface area contributed by atoms with Gasteiger partial charge in [-0.25, -0.2) is 9.67 Å². The van der Waals surface area contributed by atoms with E-state index in [2.05, 4.69) is 21.5 Å². The van der Waals surface area contributed by atoms with E-state index in [1.165, 1.54) is 18.4 Å². The van der Waals surface area contributed by atoms with Gasteiger partial charge in [-0.2, -0.15) is 5.10 Å². The molecular formula is C15H19ClN4. The zero-order chi connectivity index (χ0) is 14.3. The third-order valence-corrected chi connectivity index (χ3v) is 4.31. The molecule has 2 heterocycles. The molecule has 0 amide bonds. The smallest absolute Gasteiger partial charge is 0.153 e. The zero-order valence-electron chi connectivity index (χ0n) is 12.1. The summed E-state index contributed by atoms with van der Waals surface area (Å²) in [6.45, 7) is 6.80. The summed E-state index contributed by atoms with van der Waals surface area (Å²) in [5.74, 6) is 0.824. The van der Waals surface area contributed by atoms with E-state index in [-0.39, 0.29) is 0 Å². The van der Waals surface area contributed by atoms with Gasteiger partial charge in [0.2, 0.25) is 0 Å². The average Bonchev–Trinajstić information content (AvgIpc) is 3.21. The van der Waals surface area contributed by atoms with E-state index < -0.39 is 0 Å². The lowest BCUT2D eigenvalue weighted by Crippen LogP contribution is -2.16. The van der Waals surface area contributed by atoms with Gasteiger partial charge >= 0.3 is 0 Å². The number of nitrogens with zero attached hydrogens (tertiary/aromatic N) is 3. The van der Waals surface area contributed by atoms with Crippen molar-refractivity contribution < 1.29 is 0 Å². The first-order chi connectivity index (χ1) is 9.56. The highest BCUT2D eigenvalue weighted by Crippen LogP contribution is 2.23. The molecule has 3 rings (SSSR count). The lowest BCUT2D eigenvalue weighted by Gasteiger charge is -2.09. The van der Waals surface area contributed by atoms with Gasteiger partial charge in [0.1, 0.15) is 0 Å². The topological polar surface area (TPSA) is 42.7 Å². The summed E-state index contributed by atoms with van der Waals surface area (Å²) in [4.78, 5) is 4.66. The number of aromatic nitrogens is 3. The van der Waals surface area contributed by atoms with Gasteiger partial charge in [-0.05, 0) is 45.2 Å². The number of halogens is 1. The molecule has 1 N–H and O–H groups in total. The van der Waals surface area contributed by atoms with Crippen LogP contribution < -0.4 is 5.32 Å². The van der Waals surface area contributed by atoms with Crippen LogP contribution in [-0.2, 0) is 6.54 Å². The maximum absolute atomic E-state index is 6.19. The van der Waals surface area contributed by atoms with Gasteiger partial charge < -0.3 is 5.32 Å². The molecule has 0 unspecified atom stereocenters. The number of hydrogen-bond acceptors (Lipinski definition) is 3. The van der Waals surface area contributed by atoms with Crippen molar-refractivity contribution in [2.75, 3.05) is 0 Å². The fourth-order valence-corrected chi connectivity index (χ4v) is 2.39. The predicted molar refractivity (Wildman–Crippen MR) is 80.4 cm³/mol. The largest absolute Gasteiger partial charge is 0.310 e. The van der Waals surface area contributed by atoms with Crippen molar-refractivity contribution in [1.82, 2.24) is 20.1 Å². The molecule has 1 saturated carbocycles. The van der Waals surface area contributed by atoms with Crippen molar-refractivity contribution in [1.29, 1.82) is 0 Å². The fraction of sp³-hybridized carbons (Fsp3) is 0.467. The van der Waals surface area contributed by atoms with Crippen LogP contribution in [0, 0.1) is 20.8 Å². The number of rotatable bonds is 4. The minimum atomic E-state index is 0.712. The molecule has 0 atom stereocenters. The second-order valence-corrected chi connectivity index (χ2v) is 5.84. The Morgan fingerprint density at radius 2 is 2.00 bits per heavy atom. The van der Waals surface area contributed by atoms with E-state index in [4.69, 9.17) is 11.6 Å². The van der Waals surface area contributed by atoms with Crippen LogP contribution in [0.25, 0.3) is 5.82 Å². The number of hydrogen-bond donors (Lipinski definition) is 1. The van der Waals surface area contributed by atoms with Crippen LogP contribution in [0.15, 0.2) is 12.1 Å². The Hall–Kier alpha value is -1.39. The van der Waals surface area contributed by atoms with E-state index >= 15 is 0 Å². The van der Waals surface area contributed by atoms with Gasteiger partial charge in [0.25, 0.3) is 0 Å². The summed E-state index contributed by atoms with van der Waals surface area (Å²) in [7, 11) is 0. The van der Waals surface area contributed by atoms with E-state index in [0.717, 1.165) is 29.4 Å². The molecule has 0 radical (unpaired) electrons. The van der Waals surface area contributed by atoms with E-state index in [9.17, 15) is 0 Å². The molecule has 0 saturated heterocycles. The highest BCUT2D eigenvalue weighted by Gasteiger charge is 2.20. The Labute approximate surface area is 124 Å². The molecule has 2 aromatic rings. The Morgan fingerprint density at radius 3 is 2.55 bits per heavy atom. The van der Waals surface area contributed by atoms with Crippen molar-refractivity contribution in [3.8, 4) is 5.82 Å². The molecule has 5 heteroatoms. The van der Waals surface area contributed by atoms with Crippen molar-refractivity contribution in [3.05, 3.63) is 39.8 Å². The molecule has 1 aliphatic carbocycles. The summed E-state index contributed by atoms with van der Waals surface area (Å²) >= 11 is 6.19. The van der Waals surface area contributed by atoms with E-state index in [1.54, 1.807) is 0 Å². The monoisotopic (exact) mass is 290 g/mol. The third kappa shape index (κ3) is 2.58. The van der Waals surface area contributed by atoms with Crippen molar-refractivity contribution in [3.63, 3.8) is 0 Å². The van der Waals surface area contributed by atoms with Crippen molar-refractivity contribution in [2.24, 2.45) is 0 Å². The van der Waals surface area contributed by atoms with Crippen LogP contribution >= 0.6 is 11.6 Å². The van der Waals surface area contributed by atoms with Crippen LogP contribution in [0.1, 0.15) is 35.5 Å². The minimum Gasteiger partial charge on any atom is -0.310 e. The summed E-state index contributed by atoms with van der Waals surface area (Å²) in [6.07, 6.45) is 2.60. The summed E-state index contributed by atoms with van der Waals surface area (Å²) in [6, 6.07) is 4.84. The average molecular weight is 291 g/mol. The van der Waals surface area contributed by atoms with Gasteiger partial charge in [0, 0.05) is 18.3 Å². The first-order valence-corrected chi connectivity index (χ1v) is 7.36. The highest BCUT2D eigenvalue weighted by atomic mass is 35.5. The Balaban J connectivity index is 1.86. The lowest BCUT2D eigenvalue weighted by molar-refractivity contribution is 0.680. The fourth-order valence-electron chi connectivity index (χ4n) is 2.27. The molecule has 1 aliphatic rings. The minimum absolute atomic E-state index is 0.712. The second kappa shape index (κ2) is 5.19. The SMILES string of the molecule is Cc1nc(-n2nc(C)c(Cl)c2C)ccc1CNC1CC1. The van der Waals surface area contributed by atoms with Crippen molar-refractivity contribution >= 4 is 11.6 Å². The van der Waals surface area contributed by atoms with Crippen LogP contribution in [-0.4, -0.2) is 20.8 Å². The zero-order valence-corrected chi connectivity index (χ0v) is 12.8. The number of nitrogens with one attached hydrogen (secondary N) is 1. The van der Waals surface area contributed by atoms with Gasteiger partial charge in [-0.3, -0.25) is 0 Å².